The molecule has 1 amide bonds. The zero-order valence-corrected chi connectivity index (χ0v) is 16.3. The van der Waals surface area contributed by atoms with Crippen molar-refractivity contribution in [3.63, 3.8) is 0 Å². The molecular formula is C18H19N3O3S2. The number of thiazole rings is 1. The van der Waals surface area contributed by atoms with Crippen molar-refractivity contribution >= 4 is 42.4 Å². The van der Waals surface area contributed by atoms with Crippen LogP contribution in [0.15, 0.2) is 41.3 Å². The average molecular weight is 390 g/mol. The normalized spacial score (nSPS) is 11.5. The third-order valence-corrected chi connectivity index (χ3v) is 6.58. The van der Waals surface area contributed by atoms with E-state index in [1.165, 1.54) is 23.5 Å². The van der Waals surface area contributed by atoms with E-state index in [0.29, 0.717) is 5.13 Å². The van der Waals surface area contributed by atoms with Crippen LogP contribution in [0, 0.1) is 20.8 Å². The van der Waals surface area contributed by atoms with Crippen LogP contribution in [0.25, 0.3) is 10.2 Å². The van der Waals surface area contributed by atoms with Gasteiger partial charge in [0.1, 0.15) is 5.75 Å². The number of carbonyl (C=O) groups is 1. The Morgan fingerprint density at radius 1 is 1.08 bits per heavy atom. The Kier molecular flexibility index (Phi) is 4.97. The fraction of sp³-hybridized carbons (Fsp3) is 0.222. The predicted molar refractivity (Wildman–Crippen MR) is 104 cm³/mol. The number of aromatic nitrogens is 1. The van der Waals surface area contributed by atoms with Crippen molar-refractivity contribution in [3.05, 3.63) is 53.1 Å². The van der Waals surface area contributed by atoms with Crippen molar-refractivity contribution < 1.29 is 13.2 Å². The SMILES string of the molecule is Cc1ccc(S(=O)(=O)CC(=O)NNc2nc3cc(C)cc(C)c3s2)cc1. The molecule has 0 radical (unpaired) electrons. The molecule has 1 heterocycles. The number of fused-ring (bicyclic) bond motifs is 1. The number of nitrogens with one attached hydrogen (secondary N) is 2. The van der Waals surface area contributed by atoms with E-state index in [2.05, 4.69) is 21.9 Å². The van der Waals surface area contributed by atoms with Crippen LogP contribution < -0.4 is 10.9 Å². The first-order chi connectivity index (χ1) is 12.2. The molecule has 0 aliphatic rings. The lowest BCUT2D eigenvalue weighted by atomic mass is 10.1. The van der Waals surface area contributed by atoms with Gasteiger partial charge in [0.25, 0.3) is 5.91 Å². The fourth-order valence-corrected chi connectivity index (χ4v) is 4.59. The van der Waals surface area contributed by atoms with E-state index < -0.39 is 21.5 Å². The van der Waals surface area contributed by atoms with Gasteiger partial charge in [-0.15, -0.1) is 0 Å². The highest BCUT2D eigenvalue weighted by molar-refractivity contribution is 7.92. The molecule has 0 spiro atoms. The molecule has 6 nitrogen and oxygen atoms in total. The topological polar surface area (TPSA) is 88.2 Å². The van der Waals surface area contributed by atoms with E-state index in [4.69, 9.17) is 0 Å². The Morgan fingerprint density at radius 3 is 2.46 bits per heavy atom. The Bertz CT molecular complexity index is 1070. The van der Waals surface area contributed by atoms with Crippen molar-refractivity contribution in [2.45, 2.75) is 25.7 Å². The van der Waals surface area contributed by atoms with Crippen molar-refractivity contribution in [1.82, 2.24) is 10.4 Å². The number of sulfone groups is 1. The number of rotatable bonds is 5. The summed E-state index contributed by atoms with van der Waals surface area (Å²) in [6.07, 6.45) is 0. The standard InChI is InChI=1S/C18H19N3O3S2/c1-11-4-6-14(7-5-11)26(23,24)10-16(22)20-21-18-19-15-9-12(2)8-13(3)17(15)25-18/h4-9H,10H2,1-3H3,(H,19,21)(H,20,22). The number of anilines is 1. The Balaban J connectivity index is 1.67. The average Bonchev–Trinajstić information content (AvgIpc) is 2.96. The lowest BCUT2D eigenvalue weighted by Gasteiger charge is -2.07. The smallest absolute Gasteiger partial charge is 0.253 e. The number of hydrogen-bond acceptors (Lipinski definition) is 6. The number of carbonyl (C=O) groups excluding carboxylic acids is 1. The van der Waals surface area contributed by atoms with E-state index in [0.717, 1.165) is 26.9 Å². The Labute approximate surface area is 156 Å². The van der Waals surface area contributed by atoms with Crippen molar-refractivity contribution in [2.24, 2.45) is 0 Å². The van der Waals surface area contributed by atoms with Gasteiger partial charge >= 0.3 is 0 Å². The lowest BCUT2D eigenvalue weighted by molar-refractivity contribution is -0.118. The van der Waals surface area contributed by atoms with Crippen molar-refractivity contribution in [2.75, 3.05) is 11.2 Å². The van der Waals surface area contributed by atoms with E-state index in [9.17, 15) is 13.2 Å². The molecular weight excluding hydrogens is 370 g/mol. The maximum Gasteiger partial charge on any atom is 0.253 e. The minimum absolute atomic E-state index is 0.129. The molecule has 136 valence electrons. The van der Waals surface area contributed by atoms with Gasteiger partial charge in [-0.25, -0.2) is 13.4 Å². The second-order valence-corrected chi connectivity index (χ2v) is 9.18. The zero-order valence-electron chi connectivity index (χ0n) is 14.7. The summed E-state index contributed by atoms with van der Waals surface area (Å²) in [4.78, 5) is 16.6. The molecule has 3 rings (SSSR count). The lowest BCUT2D eigenvalue weighted by Crippen LogP contribution is -2.34. The third kappa shape index (κ3) is 4.03. The van der Waals surface area contributed by atoms with Gasteiger partial charge in [0.05, 0.1) is 15.1 Å². The predicted octanol–water partition coefficient (Wildman–Crippen LogP) is 3.14. The highest BCUT2D eigenvalue weighted by atomic mass is 32.2. The van der Waals surface area contributed by atoms with Crippen LogP contribution in [0.5, 0.6) is 0 Å². The fourth-order valence-electron chi connectivity index (χ4n) is 2.59. The number of benzene rings is 2. The highest BCUT2D eigenvalue weighted by Gasteiger charge is 2.19. The summed E-state index contributed by atoms with van der Waals surface area (Å²) < 4.78 is 25.6. The number of aryl methyl sites for hydroxylation is 3. The molecule has 0 bridgehead atoms. The van der Waals surface area contributed by atoms with Crippen LogP contribution in [0.1, 0.15) is 16.7 Å². The van der Waals surface area contributed by atoms with Crippen LogP contribution in [0.4, 0.5) is 5.13 Å². The summed E-state index contributed by atoms with van der Waals surface area (Å²) in [5, 5.41) is 0.509. The Hall–Kier alpha value is -2.45. The summed E-state index contributed by atoms with van der Waals surface area (Å²) >= 11 is 1.40. The summed E-state index contributed by atoms with van der Waals surface area (Å²) in [5.74, 6) is -1.27. The first-order valence-corrected chi connectivity index (χ1v) is 10.4. The van der Waals surface area contributed by atoms with Crippen LogP contribution in [0.2, 0.25) is 0 Å². The van der Waals surface area contributed by atoms with E-state index in [1.807, 2.05) is 26.8 Å². The third-order valence-electron chi connectivity index (χ3n) is 3.83. The number of hydrazine groups is 1. The summed E-state index contributed by atoms with van der Waals surface area (Å²) in [7, 11) is -3.69. The van der Waals surface area contributed by atoms with Gasteiger partial charge in [0.2, 0.25) is 5.13 Å². The number of hydrogen-bond donors (Lipinski definition) is 2. The molecule has 2 aromatic carbocycles. The number of nitrogens with zero attached hydrogens (tertiary/aromatic N) is 1. The summed E-state index contributed by atoms with van der Waals surface area (Å²) in [6, 6.07) is 10.4. The molecule has 0 aliphatic carbocycles. The first kappa shape index (κ1) is 18.3. The maximum absolute atomic E-state index is 12.3. The van der Waals surface area contributed by atoms with Gasteiger partial charge in [-0.05, 0) is 50.1 Å². The first-order valence-electron chi connectivity index (χ1n) is 7.97. The van der Waals surface area contributed by atoms with Crippen LogP contribution in [0.3, 0.4) is 0 Å². The van der Waals surface area contributed by atoms with Gasteiger partial charge in [-0.2, -0.15) is 0 Å². The van der Waals surface area contributed by atoms with E-state index in [-0.39, 0.29) is 4.90 Å². The van der Waals surface area contributed by atoms with Crippen molar-refractivity contribution in [1.29, 1.82) is 0 Å². The minimum atomic E-state index is -3.69. The van der Waals surface area contributed by atoms with Crippen molar-refractivity contribution in [3.8, 4) is 0 Å². The molecule has 8 heteroatoms. The van der Waals surface area contributed by atoms with Gasteiger partial charge in [0.15, 0.2) is 9.84 Å². The maximum atomic E-state index is 12.3. The second kappa shape index (κ2) is 7.05. The molecule has 0 saturated carbocycles. The van der Waals surface area contributed by atoms with Gasteiger partial charge in [0, 0.05) is 0 Å². The van der Waals surface area contributed by atoms with Crippen LogP contribution in [-0.2, 0) is 14.6 Å². The summed E-state index contributed by atoms with van der Waals surface area (Å²) in [6.45, 7) is 5.87. The highest BCUT2D eigenvalue weighted by Crippen LogP contribution is 2.29. The van der Waals surface area contributed by atoms with Gasteiger partial charge in [-0.1, -0.05) is 35.1 Å². The second-order valence-electron chi connectivity index (χ2n) is 6.19. The molecule has 0 fully saturated rings. The Morgan fingerprint density at radius 2 is 1.77 bits per heavy atom. The molecule has 0 saturated heterocycles. The largest absolute Gasteiger partial charge is 0.273 e. The zero-order chi connectivity index (χ0) is 18.9. The molecule has 0 aliphatic heterocycles. The molecule has 26 heavy (non-hydrogen) atoms. The minimum Gasteiger partial charge on any atom is -0.273 e. The van der Waals surface area contributed by atoms with Gasteiger partial charge in [-0.3, -0.25) is 15.6 Å². The number of amides is 1. The van der Waals surface area contributed by atoms with Crippen LogP contribution >= 0.6 is 11.3 Å². The monoisotopic (exact) mass is 389 g/mol. The molecule has 3 aromatic rings. The quantitative estimate of drug-likeness (QED) is 0.655. The molecule has 0 unspecified atom stereocenters. The van der Waals surface area contributed by atoms with E-state index in [1.54, 1.807) is 12.1 Å². The summed E-state index contributed by atoms with van der Waals surface area (Å²) in [5.41, 5.74) is 9.14. The van der Waals surface area contributed by atoms with Crippen LogP contribution in [-0.4, -0.2) is 25.1 Å². The van der Waals surface area contributed by atoms with Gasteiger partial charge < -0.3 is 0 Å². The molecule has 1 aromatic heterocycles. The molecule has 2 N–H and O–H groups in total. The molecule has 0 atom stereocenters. The van der Waals surface area contributed by atoms with E-state index >= 15 is 0 Å².